The van der Waals surface area contributed by atoms with Crippen molar-refractivity contribution in [1.29, 1.82) is 0 Å². The zero-order chi connectivity index (χ0) is 15.0. The van der Waals surface area contributed by atoms with Crippen molar-refractivity contribution in [3.05, 3.63) is 16.1 Å². The second kappa shape index (κ2) is 5.92. The molecule has 0 aromatic carbocycles. The van der Waals surface area contributed by atoms with Crippen LogP contribution in [0.15, 0.2) is 15.5 Å². The number of nitrogens with two attached hydrogens (primary N) is 1. The number of aliphatic hydroxyl groups excluding tert-OH is 1. The van der Waals surface area contributed by atoms with Gasteiger partial charge in [0.1, 0.15) is 5.84 Å². The molecule has 0 aliphatic carbocycles. The molecule has 1 aromatic rings. The van der Waals surface area contributed by atoms with Gasteiger partial charge in [-0.25, -0.2) is 9.98 Å². The van der Waals surface area contributed by atoms with Gasteiger partial charge in [0.2, 0.25) is 5.51 Å². The Bertz CT molecular complexity index is 570. The molecule has 0 radical (unpaired) electrons. The molecule has 20 heavy (non-hydrogen) atoms. The van der Waals surface area contributed by atoms with E-state index in [0.717, 1.165) is 5.69 Å². The molecule has 0 bridgehead atoms. The number of rotatable bonds is 4. The van der Waals surface area contributed by atoms with E-state index in [2.05, 4.69) is 46.4 Å². The number of nitrogens with zero attached hydrogens (tertiary/aromatic N) is 3. The van der Waals surface area contributed by atoms with Crippen LogP contribution in [0.2, 0.25) is 0 Å². The van der Waals surface area contributed by atoms with Crippen molar-refractivity contribution in [2.45, 2.75) is 35.7 Å². The van der Waals surface area contributed by atoms with Gasteiger partial charge in [0, 0.05) is 26.2 Å². The molecule has 2 unspecified atom stereocenters. The van der Waals surface area contributed by atoms with E-state index in [1.54, 1.807) is 17.6 Å². The molecular weight excluding hydrogens is 408 g/mol. The first-order valence-electron chi connectivity index (χ1n) is 6.15. The van der Waals surface area contributed by atoms with Crippen LogP contribution in [0, 0.1) is 6.92 Å². The molecule has 3 N–H and O–H groups in total. The van der Waals surface area contributed by atoms with Crippen molar-refractivity contribution in [3.63, 3.8) is 0 Å². The predicted octanol–water partition coefficient (Wildman–Crippen LogP) is 1.52. The Morgan fingerprint density at radius 3 is 2.75 bits per heavy atom. The summed E-state index contributed by atoms with van der Waals surface area (Å²) >= 11 is 8.78. The highest BCUT2D eigenvalue weighted by molar-refractivity contribution is 9.13. The number of halogens is 2. The number of alkyl halides is 2. The quantitative estimate of drug-likeness (QED) is 0.436. The van der Waals surface area contributed by atoms with Crippen molar-refractivity contribution in [2.75, 3.05) is 6.61 Å². The number of amidine groups is 1. The van der Waals surface area contributed by atoms with Gasteiger partial charge in [0.25, 0.3) is 0 Å². The number of aromatic nitrogens is 1. The lowest BCUT2D eigenvalue weighted by atomic mass is 10.1. The Morgan fingerprint density at radius 2 is 2.15 bits per heavy atom. The molecule has 110 valence electrons. The van der Waals surface area contributed by atoms with E-state index >= 15 is 0 Å². The molecule has 0 saturated heterocycles. The molecule has 1 aliphatic heterocycles. The van der Waals surface area contributed by atoms with Crippen LogP contribution in [0.4, 0.5) is 0 Å². The van der Waals surface area contributed by atoms with Gasteiger partial charge in [-0.2, -0.15) is 4.57 Å². The molecule has 5 nitrogen and oxygen atoms in total. The van der Waals surface area contributed by atoms with E-state index in [9.17, 15) is 0 Å². The first-order valence-corrected chi connectivity index (χ1v) is 8.61. The maximum Gasteiger partial charge on any atom is 0.225 e. The summed E-state index contributed by atoms with van der Waals surface area (Å²) in [6, 6.07) is 0. The lowest BCUT2D eigenvalue weighted by Crippen LogP contribution is -2.61. The maximum absolute atomic E-state index is 9.06. The molecular formula is C12H17Br2N4OS+. The molecule has 2 heterocycles. The minimum absolute atomic E-state index is 0.158. The third kappa shape index (κ3) is 3.04. The SMILES string of the molecule is CC1=NC(N)(Br)C(Br)(C[n+]2csc(CCO)c2C)C=N1. The third-order valence-electron chi connectivity index (χ3n) is 3.26. The summed E-state index contributed by atoms with van der Waals surface area (Å²) < 4.78 is 0.562. The van der Waals surface area contributed by atoms with Gasteiger partial charge in [-0.1, -0.05) is 27.3 Å². The van der Waals surface area contributed by atoms with Crippen LogP contribution in [-0.4, -0.2) is 32.7 Å². The third-order valence-corrected chi connectivity index (χ3v) is 6.88. The Morgan fingerprint density at radius 1 is 1.45 bits per heavy atom. The van der Waals surface area contributed by atoms with Gasteiger partial charge < -0.3 is 5.11 Å². The van der Waals surface area contributed by atoms with Gasteiger partial charge >= 0.3 is 0 Å². The van der Waals surface area contributed by atoms with Crippen LogP contribution in [0.1, 0.15) is 17.5 Å². The smallest absolute Gasteiger partial charge is 0.225 e. The lowest BCUT2D eigenvalue weighted by Gasteiger charge is -2.34. The van der Waals surface area contributed by atoms with Crippen LogP contribution in [0.5, 0.6) is 0 Å². The fourth-order valence-corrected chi connectivity index (χ4v) is 3.92. The largest absolute Gasteiger partial charge is 0.396 e. The van der Waals surface area contributed by atoms with E-state index in [-0.39, 0.29) is 6.61 Å². The van der Waals surface area contributed by atoms with Crippen LogP contribution in [0.25, 0.3) is 0 Å². The van der Waals surface area contributed by atoms with Crippen LogP contribution < -0.4 is 10.3 Å². The number of hydrogen-bond donors (Lipinski definition) is 2. The molecule has 0 amide bonds. The molecule has 0 fully saturated rings. The highest BCUT2D eigenvalue weighted by Gasteiger charge is 2.50. The molecule has 1 aromatic heterocycles. The van der Waals surface area contributed by atoms with Gasteiger partial charge in [-0.15, -0.1) is 0 Å². The van der Waals surface area contributed by atoms with Gasteiger partial charge in [-0.3, -0.25) is 5.73 Å². The predicted molar refractivity (Wildman–Crippen MR) is 89.1 cm³/mol. The minimum atomic E-state index is -0.940. The summed E-state index contributed by atoms with van der Waals surface area (Å²) in [5.41, 5.74) is 9.41. The summed E-state index contributed by atoms with van der Waals surface area (Å²) in [4.78, 5) is 9.79. The van der Waals surface area contributed by atoms with Crippen molar-refractivity contribution in [3.8, 4) is 0 Å². The summed E-state index contributed by atoms with van der Waals surface area (Å²) in [7, 11) is 0. The number of aliphatic imine (C=N–C) groups is 2. The first-order chi connectivity index (χ1) is 9.29. The Balaban J connectivity index is 2.28. The zero-order valence-corrected chi connectivity index (χ0v) is 15.3. The summed E-state index contributed by atoms with van der Waals surface area (Å²) in [5.74, 6) is 0.646. The molecule has 0 saturated carbocycles. The summed E-state index contributed by atoms with van der Waals surface area (Å²) in [6.07, 6.45) is 2.46. The lowest BCUT2D eigenvalue weighted by molar-refractivity contribution is -0.699. The average molecular weight is 425 g/mol. The molecule has 0 spiro atoms. The monoisotopic (exact) mass is 423 g/mol. The fraction of sp³-hybridized carbons (Fsp3) is 0.583. The Kier molecular flexibility index (Phi) is 4.80. The van der Waals surface area contributed by atoms with E-state index < -0.39 is 8.90 Å². The number of hydrogen-bond acceptors (Lipinski definition) is 5. The van der Waals surface area contributed by atoms with Gasteiger partial charge in [-0.05, 0) is 22.9 Å². The molecule has 1 aliphatic rings. The van der Waals surface area contributed by atoms with Crippen molar-refractivity contribution in [2.24, 2.45) is 15.7 Å². The Hall–Kier alpha value is -0.150. The molecule has 8 heteroatoms. The Labute approximate surface area is 138 Å². The second-order valence-electron chi connectivity index (χ2n) is 4.79. The van der Waals surface area contributed by atoms with Crippen LogP contribution in [-0.2, 0) is 13.0 Å². The van der Waals surface area contributed by atoms with Crippen molar-refractivity contribution < 1.29 is 9.67 Å². The van der Waals surface area contributed by atoms with Crippen molar-refractivity contribution in [1.82, 2.24) is 0 Å². The summed E-state index contributed by atoms with van der Waals surface area (Å²) in [5, 5.41) is 9.06. The minimum Gasteiger partial charge on any atom is -0.396 e. The fourth-order valence-electron chi connectivity index (χ4n) is 1.99. The van der Waals surface area contributed by atoms with Gasteiger partial charge in [0.05, 0.1) is 4.88 Å². The van der Waals surface area contributed by atoms with E-state index in [1.807, 2.05) is 19.4 Å². The number of thiazole rings is 1. The molecule has 2 atom stereocenters. The van der Waals surface area contributed by atoms with E-state index in [1.165, 1.54) is 4.88 Å². The van der Waals surface area contributed by atoms with Crippen molar-refractivity contribution >= 4 is 55.2 Å². The van der Waals surface area contributed by atoms with Crippen LogP contribution in [0.3, 0.4) is 0 Å². The topological polar surface area (TPSA) is 74.8 Å². The normalized spacial score (nSPS) is 29.6. The van der Waals surface area contributed by atoms with E-state index in [0.29, 0.717) is 18.8 Å². The van der Waals surface area contributed by atoms with Crippen LogP contribution >= 0.6 is 43.2 Å². The number of aliphatic hydroxyl groups is 1. The highest BCUT2D eigenvalue weighted by Crippen LogP contribution is 2.37. The summed E-state index contributed by atoms with van der Waals surface area (Å²) in [6.45, 7) is 4.61. The molecule has 2 rings (SSSR count). The standard InChI is InChI=1S/C12H17Br2N4OS/c1-8-10(3-4-19)20-7-18(8)6-11(13)5-16-9(2)17-12(11,14)15/h5,7,19H,3-4,6,15H2,1-2H3/q+1. The highest BCUT2D eigenvalue weighted by atomic mass is 79.9. The maximum atomic E-state index is 9.06. The average Bonchev–Trinajstić information content (AvgIpc) is 2.68. The zero-order valence-electron chi connectivity index (χ0n) is 11.3. The first kappa shape index (κ1) is 16.2. The van der Waals surface area contributed by atoms with E-state index in [4.69, 9.17) is 10.8 Å². The van der Waals surface area contributed by atoms with Gasteiger partial charge in [0.15, 0.2) is 21.1 Å². The second-order valence-corrected chi connectivity index (χ2v) is 8.35.